The van der Waals surface area contributed by atoms with Crippen LogP contribution >= 0.6 is 12.6 Å². The number of Topliss-reactive ketones (excluding diaryl/α,β-unsaturated/α-hetero) is 1. The highest BCUT2D eigenvalue weighted by Crippen LogP contribution is 2.04. The van der Waals surface area contributed by atoms with E-state index in [-0.39, 0.29) is 28.7 Å². The molecule has 1 atom stereocenters. The van der Waals surface area contributed by atoms with Gasteiger partial charge >= 0.3 is 11.7 Å². The van der Waals surface area contributed by atoms with Crippen molar-refractivity contribution < 1.29 is 19.5 Å². The maximum Gasteiger partial charge on any atom is 0.332 e. The second-order valence-corrected chi connectivity index (χ2v) is 7.12. The molecule has 0 saturated carbocycles. The van der Waals surface area contributed by atoms with Crippen LogP contribution < -0.4 is 16.6 Å². The van der Waals surface area contributed by atoms with Crippen LogP contribution in [0.15, 0.2) is 15.9 Å². The quantitative estimate of drug-likeness (QED) is 0.377. The van der Waals surface area contributed by atoms with Gasteiger partial charge < -0.3 is 19.8 Å². The molecule has 2 aromatic rings. The summed E-state index contributed by atoms with van der Waals surface area (Å²) in [7, 11) is 3.32. The normalized spacial score (nSPS) is 11.5. The number of aryl methyl sites for hydroxylation is 2. The molecule has 12 heteroatoms. The number of amides is 1. The number of nitrogens with zero attached hydrogens (tertiary/aromatic N) is 4. The third-order valence-corrected chi connectivity index (χ3v) is 4.58. The molecular weight excluding hydrogens is 414 g/mol. The molecule has 1 amide bonds. The maximum atomic E-state index is 12.3. The van der Waals surface area contributed by atoms with Crippen LogP contribution in [0, 0.1) is 0 Å². The number of fused-ring (bicyclic) bond motifs is 1. The Morgan fingerprint density at radius 3 is 2.30 bits per heavy atom. The first-order valence-corrected chi connectivity index (χ1v) is 9.85. The first kappa shape index (κ1) is 25.1. The van der Waals surface area contributed by atoms with Gasteiger partial charge in [-0.1, -0.05) is 0 Å². The van der Waals surface area contributed by atoms with Gasteiger partial charge in [-0.3, -0.25) is 18.7 Å². The monoisotopic (exact) mass is 441 g/mol. The summed E-state index contributed by atoms with van der Waals surface area (Å²) in [6.07, 6.45) is 3.29. The van der Waals surface area contributed by atoms with Gasteiger partial charge in [0, 0.05) is 39.7 Å². The molecule has 0 fully saturated rings. The van der Waals surface area contributed by atoms with Crippen molar-refractivity contribution in [2.24, 2.45) is 14.1 Å². The van der Waals surface area contributed by atoms with Crippen molar-refractivity contribution in [2.45, 2.75) is 45.7 Å². The Bertz CT molecular complexity index is 1040. The molecule has 0 aromatic carbocycles. The van der Waals surface area contributed by atoms with Gasteiger partial charge in [-0.25, -0.2) is 14.6 Å². The second kappa shape index (κ2) is 11.3. The predicted octanol–water partition coefficient (Wildman–Crippen LogP) is -0.301. The number of rotatable bonds is 8. The van der Waals surface area contributed by atoms with Crippen LogP contribution in [0.3, 0.4) is 0 Å². The van der Waals surface area contributed by atoms with Crippen LogP contribution in [0.5, 0.6) is 0 Å². The molecule has 0 aliphatic rings. The average molecular weight is 442 g/mol. The summed E-state index contributed by atoms with van der Waals surface area (Å²) in [6, 6.07) is -0.874. The second-order valence-electron chi connectivity index (χ2n) is 6.76. The summed E-state index contributed by atoms with van der Waals surface area (Å²) >= 11 is 3.73. The van der Waals surface area contributed by atoms with Crippen molar-refractivity contribution in [1.82, 2.24) is 24.0 Å². The van der Waals surface area contributed by atoms with E-state index in [4.69, 9.17) is 5.11 Å². The molecule has 2 N–H and O–H groups in total. The van der Waals surface area contributed by atoms with E-state index in [1.807, 2.05) is 0 Å². The lowest BCUT2D eigenvalue weighted by molar-refractivity contribution is -0.140. The zero-order valence-electron chi connectivity index (χ0n) is 17.4. The molecule has 166 valence electrons. The molecule has 11 nitrogen and oxygen atoms in total. The van der Waals surface area contributed by atoms with Crippen LogP contribution in [0.1, 0.15) is 33.1 Å². The number of ketones is 1. The molecule has 0 aliphatic heterocycles. The van der Waals surface area contributed by atoms with Crippen LogP contribution in [0.25, 0.3) is 11.2 Å². The Hall–Kier alpha value is -2.89. The van der Waals surface area contributed by atoms with E-state index >= 15 is 0 Å². The summed E-state index contributed by atoms with van der Waals surface area (Å²) in [5.74, 6) is -1.20. The molecule has 2 rings (SSSR count). The van der Waals surface area contributed by atoms with E-state index in [1.165, 1.54) is 29.3 Å². The largest absolute Gasteiger partial charge is 0.480 e. The Balaban J connectivity index is 0.000000382. The molecule has 0 spiro atoms. The number of carbonyl (C=O) groups is 3. The number of carboxylic acid groups (broad SMARTS) is 1. The minimum absolute atomic E-state index is 0.106. The van der Waals surface area contributed by atoms with Gasteiger partial charge in [0.15, 0.2) is 11.2 Å². The highest BCUT2D eigenvalue weighted by molar-refractivity contribution is 7.80. The van der Waals surface area contributed by atoms with Crippen LogP contribution in [-0.4, -0.2) is 53.2 Å². The number of aromatic nitrogens is 4. The van der Waals surface area contributed by atoms with Gasteiger partial charge in [0.1, 0.15) is 11.8 Å². The maximum absolute atomic E-state index is 12.3. The number of carboxylic acids is 1. The number of thiol groups is 1. The van der Waals surface area contributed by atoms with Crippen molar-refractivity contribution in [3.05, 3.63) is 27.2 Å². The number of aliphatic carboxylic acids is 1. The summed E-state index contributed by atoms with van der Waals surface area (Å²) in [4.78, 5) is 59.9. The lowest BCUT2D eigenvalue weighted by Gasteiger charge is -2.08. The fourth-order valence-corrected chi connectivity index (χ4v) is 2.92. The van der Waals surface area contributed by atoms with Gasteiger partial charge in [-0.2, -0.15) is 12.6 Å². The van der Waals surface area contributed by atoms with E-state index in [1.54, 1.807) is 18.7 Å². The predicted molar refractivity (Wildman–Crippen MR) is 114 cm³/mol. The van der Waals surface area contributed by atoms with E-state index < -0.39 is 12.0 Å². The molecule has 30 heavy (non-hydrogen) atoms. The van der Waals surface area contributed by atoms with Crippen molar-refractivity contribution >= 4 is 41.5 Å². The minimum atomic E-state index is -1.06. The highest BCUT2D eigenvalue weighted by Gasteiger charge is 2.15. The lowest BCUT2D eigenvalue weighted by atomic mass is 10.2. The fraction of sp³-hybridized carbons (Fsp3) is 0.556. The number of hydrogen-bond donors (Lipinski definition) is 3. The van der Waals surface area contributed by atoms with Crippen molar-refractivity contribution in [2.75, 3.05) is 5.75 Å². The Labute approximate surface area is 178 Å². The average Bonchev–Trinajstić information content (AvgIpc) is 3.05. The molecular formula is C18H27N5O6S. The molecule has 0 bridgehead atoms. The van der Waals surface area contributed by atoms with E-state index in [0.29, 0.717) is 37.0 Å². The van der Waals surface area contributed by atoms with Crippen molar-refractivity contribution in [3.63, 3.8) is 0 Å². The smallest absolute Gasteiger partial charge is 0.332 e. The lowest BCUT2D eigenvalue weighted by Crippen LogP contribution is -2.40. The zero-order valence-corrected chi connectivity index (χ0v) is 18.3. The van der Waals surface area contributed by atoms with Gasteiger partial charge in [-0.15, -0.1) is 0 Å². The Morgan fingerprint density at radius 1 is 1.20 bits per heavy atom. The van der Waals surface area contributed by atoms with Gasteiger partial charge in [0.25, 0.3) is 5.56 Å². The summed E-state index contributed by atoms with van der Waals surface area (Å²) in [5, 5.41) is 10.6. The summed E-state index contributed by atoms with van der Waals surface area (Å²) < 4.78 is 4.20. The Kier molecular flexibility index (Phi) is 9.50. The first-order valence-electron chi connectivity index (χ1n) is 9.22. The van der Waals surface area contributed by atoms with E-state index in [0.717, 1.165) is 0 Å². The first-order chi connectivity index (χ1) is 14.0. The number of imidazole rings is 1. The van der Waals surface area contributed by atoms with Crippen LogP contribution in [0.2, 0.25) is 0 Å². The third-order valence-electron chi connectivity index (χ3n) is 4.22. The third kappa shape index (κ3) is 6.58. The molecule has 1 unspecified atom stereocenters. The molecule has 2 aromatic heterocycles. The topological polar surface area (TPSA) is 145 Å². The summed E-state index contributed by atoms with van der Waals surface area (Å²) in [5.41, 5.74) is 0.108. The van der Waals surface area contributed by atoms with Crippen LogP contribution in [-0.2, 0) is 35.0 Å². The number of nitrogens with one attached hydrogen (secondary N) is 1. The van der Waals surface area contributed by atoms with Crippen molar-refractivity contribution in [1.29, 1.82) is 0 Å². The number of hydrogen-bond acceptors (Lipinski definition) is 7. The zero-order chi connectivity index (χ0) is 23.0. The molecule has 0 radical (unpaired) electrons. The highest BCUT2D eigenvalue weighted by atomic mass is 32.1. The number of carbonyl (C=O) groups excluding carboxylic acids is 2. The van der Waals surface area contributed by atoms with Gasteiger partial charge in [0.2, 0.25) is 5.91 Å². The fourth-order valence-electron chi connectivity index (χ4n) is 2.67. The van der Waals surface area contributed by atoms with Gasteiger partial charge in [0.05, 0.1) is 6.33 Å². The van der Waals surface area contributed by atoms with Crippen LogP contribution in [0.4, 0.5) is 0 Å². The Morgan fingerprint density at radius 2 is 1.83 bits per heavy atom. The van der Waals surface area contributed by atoms with Gasteiger partial charge in [-0.05, 0) is 19.8 Å². The van der Waals surface area contributed by atoms with Crippen molar-refractivity contribution in [3.8, 4) is 0 Å². The molecule has 0 aliphatic carbocycles. The van der Waals surface area contributed by atoms with E-state index in [9.17, 15) is 24.0 Å². The molecule has 2 heterocycles. The number of unbranched alkanes of at least 4 members (excludes halogenated alkanes) is 1. The standard InChI is InChI=1S/C13H18N4O3.C5H9NO3S/c1-9(18)6-4-5-7-17-12(19)10-11(14-8-15(10)2)16(3)13(17)20;1-3(7)6-4(2-10)5(8)9/h8H,4-7H2,1-3H3;4,10H,2H2,1H3,(H,6,7)(H,8,9). The van der Waals surface area contributed by atoms with E-state index in [2.05, 4.69) is 22.9 Å². The summed E-state index contributed by atoms with van der Waals surface area (Å²) in [6.45, 7) is 3.12. The SMILES string of the molecule is CC(=O)CCCCn1c(=O)c2c(ncn2C)n(C)c1=O.CC(=O)NC(CS)C(=O)O. The minimum Gasteiger partial charge on any atom is -0.480 e. The molecule has 0 saturated heterocycles.